The highest BCUT2D eigenvalue weighted by atomic mass is 19.4. The van der Waals surface area contributed by atoms with Crippen LogP contribution in [0.1, 0.15) is 30.1 Å². The maximum atomic E-state index is 12.4. The van der Waals surface area contributed by atoms with E-state index >= 15 is 0 Å². The van der Waals surface area contributed by atoms with Gasteiger partial charge in [0.2, 0.25) is 5.91 Å². The Kier molecular flexibility index (Phi) is 6.10. The van der Waals surface area contributed by atoms with Crippen molar-refractivity contribution in [1.82, 2.24) is 5.32 Å². The summed E-state index contributed by atoms with van der Waals surface area (Å²) in [6, 6.07) is 4.01. The molecular formula is C14H14F3N3O3. The van der Waals surface area contributed by atoms with Gasteiger partial charge in [0.05, 0.1) is 11.6 Å². The highest BCUT2D eigenvalue weighted by molar-refractivity contribution is 5.89. The minimum Gasteiger partial charge on any atom is -0.378 e. The molecule has 2 amide bonds. The van der Waals surface area contributed by atoms with E-state index in [2.05, 4.69) is 5.32 Å². The number of aliphatic hydroxyl groups is 1. The Balaban J connectivity index is 2.79. The lowest BCUT2D eigenvalue weighted by atomic mass is 10.0. The van der Waals surface area contributed by atoms with Gasteiger partial charge >= 0.3 is 6.18 Å². The topological polar surface area (TPSA) is 116 Å². The van der Waals surface area contributed by atoms with E-state index in [1.165, 1.54) is 0 Å². The summed E-state index contributed by atoms with van der Waals surface area (Å²) in [6.45, 7) is 0. The zero-order valence-electron chi connectivity index (χ0n) is 11.8. The number of halogens is 3. The average Bonchev–Trinajstić information content (AvgIpc) is 2.49. The molecule has 124 valence electrons. The van der Waals surface area contributed by atoms with Crippen molar-refractivity contribution in [3.63, 3.8) is 0 Å². The maximum absolute atomic E-state index is 12.4. The Morgan fingerprint density at radius 3 is 2.30 bits per heavy atom. The van der Waals surface area contributed by atoms with Crippen LogP contribution in [0.4, 0.5) is 13.2 Å². The summed E-state index contributed by atoms with van der Waals surface area (Å²) in [5.41, 5.74) is 4.07. The number of amides is 2. The largest absolute Gasteiger partial charge is 0.416 e. The summed E-state index contributed by atoms with van der Waals surface area (Å²) in [6.07, 6.45) is -6.36. The molecule has 23 heavy (non-hydrogen) atoms. The fraction of sp³-hybridized carbons (Fsp3) is 0.357. The first-order valence-electron chi connectivity index (χ1n) is 6.48. The van der Waals surface area contributed by atoms with E-state index in [4.69, 9.17) is 11.0 Å². The molecule has 1 aromatic rings. The summed E-state index contributed by atoms with van der Waals surface area (Å²) >= 11 is 0. The molecule has 0 bridgehead atoms. The van der Waals surface area contributed by atoms with Crippen molar-refractivity contribution in [1.29, 1.82) is 5.26 Å². The van der Waals surface area contributed by atoms with Gasteiger partial charge in [-0.05, 0) is 24.1 Å². The van der Waals surface area contributed by atoms with Gasteiger partial charge in [0, 0.05) is 6.42 Å². The van der Waals surface area contributed by atoms with E-state index in [1.807, 2.05) is 0 Å². The fourth-order valence-electron chi connectivity index (χ4n) is 1.75. The molecule has 0 aliphatic rings. The van der Waals surface area contributed by atoms with Crippen LogP contribution < -0.4 is 11.1 Å². The van der Waals surface area contributed by atoms with Crippen LogP contribution in [0.15, 0.2) is 24.3 Å². The molecule has 1 rings (SSSR count). The quantitative estimate of drug-likeness (QED) is 0.722. The van der Waals surface area contributed by atoms with Gasteiger partial charge in [-0.2, -0.15) is 18.4 Å². The van der Waals surface area contributed by atoms with Crippen LogP contribution >= 0.6 is 0 Å². The van der Waals surface area contributed by atoms with Crippen LogP contribution in [0.3, 0.4) is 0 Å². The number of rotatable bonds is 6. The Morgan fingerprint density at radius 1 is 1.30 bits per heavy atom. The van der Waals surface area contributed by atoms with Crippen LogP contribution in [0.25, 0.3) is 0 Å². The lowest BCUT2D eigenvalue weighted by Crippen LogP contribution is -2.46. The number of nitrogens with one attached hydrogen (secondary N) is 1. The number of hydrogen-bond donors (Lipinski definition) is 3. The predicted octanol–water partition coefficient (Wildman–Crippen LogP) is 1.01. The monoisotopic (exact) mass is 329 g/mol. The molecule has 0 saturated carbocycles. The molecule has 1 aromatic carbocycles. The molecule has 9 heteroatoms. The van der Waals surface area contributed by atoms with Crippen molar-refractivity contribution in [2.24, 2.45) is 5.73 Å². The molecule has 2 atom stereocenters. The Morgan fingerprint density at radius 2 is 1.87 bits per heavy atom. The summed E-state index contributed by atoms with van der Waals surface area (Å²) in [7, 11) is 0. The van der Waals surface area contributed by atoms with Crippen LogP contribution in [0, 0.1) is 11.3 Å². The number of carbonyl (C=O) groups excluding carboxylic acids is 2. The number of primary amides is 1. The molecule has 0 aliphatic carbocycles. The minimum absolute atomic E-state index is 0.0305. The SMILES string of the molecule is N#CCC[C@@H](NC(=O)[C@H](O)c1ccc(C(F)(F)F)cc1)C(N)=O. The normalized spacial score (nSPS) is 13.7. The van der Waals surface area contributed by atoms with Crippen molar-refractivity contribution < 1.29 is 27.9 Å². The number of aliphatic hydroxyl groups excluding tert-OH is 1. The number of nitrogens with two attached hydrogens (primary N) is 1. The Labute approximate surface area is 129 Å². The van der Waals surface area contributed by atoms with Crippen molar-refractivity contribution in [2.75, 3.05) is 0 Å². The zero-order chi connectivity index (χ0) is 17.6. The Bertz CT molecular complexity index is 608. The van der Waals surface area contributed by atoms with E-state index in [1.54, 1.807) is 6.07 Å². The Hall–Kier alpha value is -2.60. The van der Waals surface area contributed by atoms with Crippen molar-refractivity contribution in [3.8, 4) is 6.07 Å². The standard InChI is InChI=1S/C14H14F3N3O3/c15-14(16,17)9-5-3-8(4-6-9)11(21)13(23)20-10(12(19)22)2-1-7-18/h3-6,10-11,21H,1-2H2,(H2,19,22)(H,20,23)/t10-,11-/m1/s1. The molecule has 0 heterocycles. The first kappa shape index (κ1) is 18.4. The van der Waals surface area contributed by atoms with Gasteiger partial charge in [-0.25, -0.2) is 0 Å². The van der Waals surface area contributed by atoms with Crippen LogP contribution in [0.2, 0.25) is 0 Å². The number of alkyl halides is 3. The molecule has 0 aromatic heterocycles. The first-order valence-corrected chi connectivity index (χ1v) is 6.48. The third kappa shape index (κ3) is 5.27. The number of carbonyl (C=O) groups is 2. The van der Waals surface area contributed by atoms with Gasteiger partial charge in [0.1, 0.15) is 6.04 Å². The second kappa shape index (κ2) is 7.60. The first-order chi connectivity index (χ1) is 10.7. The van der Waals surface area contributed by atoms with E-state index in [0.717, 1.165) is 24.3 Å². The molecule has 6 nitrogen and oxygen atoms in total. The van der Waals surface area contributed by atoms with E-state index < -0.39 is 35.7 Å². The second-order valence-electron chi connectivity index (χ2n) is 4.68. The molecule has 4 N–H and O–H groups in total. The summed E-state index contributed by atoms with van der Waals surface area (Å²) in [4.78, 5) is 23.0. The van der Waals surface area contributed by atoms with Crippen LogP contribution in [-0.2, 0) is 15.8 Å². The molecule has 0 unspecified atom stereocenters. The third-order valence-corrected chi connectivity index (χ3v) is 3.01. The van der Waals surface area contributed by atoms with Gasteiger partial charge in [0.15, 0.2) is 6.10 Å². The molecule has 0 saturated heterocycles. The second-order valence-corrected chi connectivity index (χ2v) is 4.68. The number of nitrogens with zero attached hydrogens (tertiary/aromatic N) is 1. The number of hydrogen-bond acceptors (Lipinski definition) is 4. The van der Waals surface area contributed by atoms with E-state index in [0.29, 0.717) is 0 Å². The van der Waals surface area contributed by atoms with E-state index in [9.17, 15) is 27.9 Å². The van der Waals surface area contributed by atoms with Gasteiger partial charge in [-0.15, -0.1) is 0 Å². The highest BCUT2D eigenvalue weighted by Crippen LogP contribution is 2.29. The summed E-state index contributed by atoms with van der Waals surface area (Å²) < 4.78 is 37.3. The molecule has 0 radical (unpaired) electrons. The minimum atomic E-state index is -4.53. The lowest BCUT2D eigenvalue weighted by Gasteiger charge is -2.17. The third-order valence-electron chi connectivity index (χ3n) is 3.01. The van der Waals surface area contributed by atoms with Crippen molar-refractivity contribution in [3.05, 3.63) is 35.4 Å². The summed E-state index contributed by atoms with van der Waals surface area (Å²) in [5, 5.41) is 20.4. The fourth-order valence-corrected chi connectivity index (χ4v) is 1.75. The van der Waals surface area contributed by atoms with Crippen LogP contribution in [0.5, 0.6) is 0 Å². The van der Waals surface area contributed by atoms with E-state index in [-0.39, 0.29) is 18.4 Å². The highest BCUT2D eigenvalue weighted by Gasteiger charge is 2.31. The smallest absolute Gasteiger partial charge is 0.378 e. The molecule has 0 spiro atoms. The maximum Gasteiger partial charge on any atom is 0.416 e. The molecular weight excluding hydrogens is 315 g/mol. The van der Waals surface area contributed by atoms with Gasteiger partial charge in [0.25, 0.3) is 5.91 Å². The zero-order valence-corrected chi connectivity index (χ0v) is 11.8. The van der Waals surface area contributed by atoms with Gasteiger partial charge in [-0.3, -0.25) is 9.59 Å². The lowest BCUT2D eigenvalue weighted by molar-refractivity contribution is -0.137. The molecule has 0 aliphatic heterocycles. The number of benzene rings is 1. The number of nitriles is 1. The van der Waals surface area contributed by atoms with Crippen LogP contribution in [-0.4, -0.2) is 23.0 Å². The molecule has 0 fully saturated rings. The van der Waals surface area contributed by atoms with Crippen molar-refractivity contribution in [2.45, 2.75) is 31.2 Å². The van der Waals surface area contributed by atoms with Gasteiger partial charge < -0.3 is 16.2 Å². The van der Waals surface area contributed by atoms with Gasteiger partial charge in [-0.1, -0.05) is 12.1 Å². The van der Waals surface area contributed by atoms with Crippen molar-refractivity contribution >= 4 is 11.8 Å². The summed E-state index contributed by atoms with van der Waals surface area (Å²) in [5.74, 6) is -1.88. The average molecular weight is 329 g/mol. The predicted molar refractivity (Wildman–Crippen MR) is 72.4 cm³/mol.